The number of nitriles is 1. The zero-order valence-electron chi connectivity index (χ0n) is 7.95. The lowest BCUT2D eigenvalue weighted by Gasteiger charge is -2.12. The van der Waals surface area contributed by atoms with Gasteiger partial charge in [-0.05, 0) is 6.07 Å². The lowest BCUT2D eigenvalue weighted by molar-refractivity contribution is -0.274. The summed E-state index contributed by atoms with van der Waals surface area (Å²) in [5.41, 5.74) is 3.79. The quantitative estimate of drug-likeness (QED) is 0.810. The smallest absolute Gasteiger partial charge is 0.477 e. The molecule has 6 nitrogen and oxygen atoms in total. The van der Waals surface area contributed by atoms with E-state index in [1.807, 2.05) is 0 Å². The second kappa shape index (κ2) is 4.17. The molecule has 0 fully saturated rings. The maximum absolute atomic E-state index is 12.0. The third-order valence-electron chi connectivity index (χ3n) is 1.56. The fourth-order valence-electron chi connectivity index (χ4n) is 0.969. The van der Waals surface area contributed by atoms with E-state index in [-0.39, 0.29) is 0 Å². The van der Waals surface area contributed by atoms with Crippen LogP contribution in [0.25, 0.3) is 0 Å². The molecule has 90 valence electrons. The number of hydrogen-bond donors (Lipinski definition) is 2. The first-order valence-corrected chi connectivity index (χ1v) is 3.94. The van der Waals surface area contributed by atoms with Gasteiger partial charge < -0.3 is 15.6 Å². The first kappa shape index (κ1) is 12.6. The molecule has 1 rings (SSSR count). The average Bonchev–Trinajstić information content (AvgIpc) is 2.18. The summed E-state index contributed by atoms with van der Waals surface area (Å²) in [5, 5.41) is 17.1. The van der Waals surface area contributed by atoms with Crippen LogP contribution in [0.5, 0.6) is 5.75 Å². The fourth-order valence-corrected chi connectivity index (χ4v) is 0.969. The van der Waals surface area contributed by atoms with Crippen molar-refractivity contribution in [1.82, 2.24) is 4.98 Å². The number of nitrogen functional groups attached to an aromatic ring is 1. The standard InChI is InChI=1S/C8H4F3N3O3/c9-8(10,11)17-5-3(2-12)1-4(7(15)16)14-6(5)13/h1H,(H2,13,14)(H,15,16). The molecule has 0 bridgehead atoms. The Hall–Kier alpha value is -2.50. The predicted molar refractivity (Wildman–Crippen MR) is 47.0 cm³/mol. The number of pyridine rings is 1. The monoisotopic (exact) mass is 247 g/mol. The van der Waals surface area contributed by atoms with Gasteiger partial charge in [-0.3, -0.25) is 0 Å². The summed E-state index contributed by atoms with van der Waals surface area (Å²) in [4.78, 5) is 13.7. The van der Waals surface area contributed by atoms with Crippen molar-refractivity contribution in [2.24, 2.45) is 0 Å². The number of carboxylic acid groups (broad SMARTS) is 1. The summed E-state index contributed by atoms with van der Waals surface area (Å²) in [7, 11) is 0. The van der Waals surface area contributed by atoms with Crippen LogP contribution in [0.1, 0.15) is 16.1 Å². The zero-order chi connectivity index (χ0) is 13.2. The van der Waals surface area contributed by atoms with E-state index in [9.17, 15) is 18.0 Å². The van der Waals surface area contributed by atoms with Crippen LogP contribution in [0.15, 0.2) is 6.07 Å². The zero-order valence-corrected chi connectivity index (χ0v) is 7.95. The molecule has 9 heteroatoms. The van der Waals surface area contributed by atoms with Gasteiger partial charge in [0, 0.05) is 0 Å². The number of nitrogens with two attached hydrogens (primary N) is 1. The number of hydrogen-bond acceptors (Lipinski definition) is 5. The third-order valence-corrected chi connectivity index (χ3v) is 1.56. The van der Waals surface area contributed by atoms with E-state index in [0.717, 1.165) is 0 Å². The Morgan fingerprint density at radius 1 is 1.59 bits per heavy atom. The molecule has 0 atom stereocenters. The van der Waals surface area contributed by atoms with Gasteiger partial charge in [-0.25, -0.2) is 9.78 Å². The minimum atomic E-state index is -5.05. The fraction of sp³-hybridized carbons (Fsp3) is 0.125. The highest BCUT2D eigenvalue weighted by Gasteiger charge is 2.34. The molecular formula is C8H4F3N3O3. The summed E-state index contributed by atoms with van der Waals surface area (Å²) < 4.78 is 39.4. The largest absolute Gasteiger partial charge is 0.573 e. The molecular weight excluding hydrogens is 243 g/mol. The second-order valence-corrected chi connectivity index (χ2v) is 2.73. The number of alkyl halides is 3. The van der Waals surface area contributed by atoms with E-state index in [2.05, 4.69) is 9.72 Å². The Balaban J connectivity index is 3.33. The number of carboxylic acids is 1. The molecule has 0 aliphatic heterocycles. The summed E-state index contributed by atoms with van der Waals surface area (Å²) in [5.74, 6) is -3.35. The van der Waals surface area contributed by atoms with E-state index >= 15 is 0 Å². The van der Waals surface area contributed by atoms with Crippen LogP contribution >= 0.6 is 0 Å². The number of anilines is 1. The number of carbonyl (C=O) groups is 1. The molecule has 1 heterocycles. The van der Waals surface area contributed by atoms with Gasteiger partial charge in [0.2, 0.25) is 0 Å². The summed E-state index contributed by atoms with van der Waals surface area (Å²) >= 11 is 0. The third kappa shape index (κ3) is 2.97. The van der Waals surface area contributed by atoms with E-state index in [0.29, 0.717) is 6.07 Å². The molecule has 0 aliphatic rings. The highest BCUT2D eigenvalue weighted by Crippen LogP contribution is 2.30. The molecule has 1 aromatic rings. The summed E-state index contributed by atoms with van der Waals surface area (Å²) in [6.07, 6.45) is -5.05. The van der Waals surface area contributed by atoms with Crippen molar-refractivity contribution in [3.8, 4) is 11.8 Å². The van der Waals surface area contributed by atoms with Crippen molar-refractivity contribution >= 4 is 11.8 Å². The molecule has 0 saturated heterocycles. The number of ether oxygens (including phenoxy) is 1. The Kier molecular flexibility index (Phi) is 3.08. The molecule has 0 saturated carbocycles. The molecule has 1 aromatic heterocycles. The van der Waals surface area contributed by atoms with Crippen molar-refractivity contribution < 1.29 is 27.8 Å². The van der Waals surface area contributed by atoms with Gasteiger partial charge in [0.25, 0.3) is 0 Å². The highest BCUT2D eigenvalue weighted by molar-refractivity contribution is 5.87. The Morgan fingerprint density at radius 2 is 2.18 bits per heavy atom. The maximum Gasteiger partial charge on any atom is 0.573 e. The summed E-state index contributed by atoms with van der Waals surface area (Å²) in [6.45, 7) is 0. The molecule has 0 amide bonds. The van der Waals surface area contributed by atoms with E-state index in [4.69, 9.17) is 16.1 Å². The van der Waals surface area contributed by atoms with E-state index in [1.165, 1.54) is 6.07 Å². The van der Waals surface area contributed by atoms with Gasteiger partial charge in [0.15, 0.2) is 17.3 Å². The lowest BCUT2D eigenvalue weighted by Crippen LogP contribution is -2.20. The van der Waals surface area contributed by atoms with Crippen molar-refractivity contribution in [3.63, 3.8) is 0 Å². The van der Waals surface area contributed by atoms with Gasteiger partial charge in [-0.15, -0.1) is 13.2 Å². The van der Waals surface area contributed by atoms with Gasteiger partial charge in [-0.1, -0.05) is 0 Å². The van der Waals surface area contributed by atoms with Gasteiger partial charge in [0.05, 0.1) is 0 Å². The normalized spacial score (nSPS) is 10.7. The van der Waals surface area contributed by atoms with E-state index < -0.39 is 35.2 Å². The molecule has 0 radical (unpaired) electrons. The first-order valence-electron chi connectivity index (χ1n) is 3.94. The minimum Gasteiger partial charge on any atom is -0.477 e. The van der Waals surface area contributed by atoms with Crippen LogP contribution in [-0.2, 0) is 0 Å². The Labute approximate surface area is 92.0 Å². The Morgan fingerprint density at radius 3 is 2.59 bits per heavy atom. The van der Waals surface area contributed by atoms with Crippen LogP contribution in [0.4, 0.5) is 19.0 Å². The van der Waals surface area contributed by atoms with Gasteiger partial charge in [-0.2, -0.15) is 5.26 Å². The van der Waals surface area contributed by atoms with Crippen LogP contribution in [-0.4, -0.2) is 22.4 Å². The van der Waals surface area contributed by atoms with Crippen LogP contribution < -0.4 is 10.5 Å². The summed E-state index contributed by atoms with van der Waals surface area (Å²) in [6, 6.07) is 1.98. The number of nitrogens with zero attached hydrogens (tertiary/aromatic N) is 2. The molecule has 0 unspecified atom stereocenters. The lowest BCUT2D eigenvalue weighted by atomic mass is 10.2. The number of halogens is 3. The van der Waals surface area contributed by atoms with E-state index in [1.54, 1.807) is 0 Å². The van der Waals surface area contributed by atoms with Crippen molar-refractivity contribution in [2.45, 2.75) is 6.36 Å². The van der Waals surface area contributed by atoms with Crippen LogP contribution in [0, 0.1) is 11.3 Å². The van der Waals surface area contributed by atoms with Crippen LogP contribution in [0.3, 0.4) is 0 Å². The van der Waals surface area contributed by atoms with Crippen LogP contribution in [0.2, 0.25) is 0 Å². The number of rotatable bonds is 2. The molecule has 0 spiro atoms. The minimum absolute atomic E-state index is 0.639. The maximum atomic E-state index is 12.0. The number of aromatic nitrogens is 1. The van der Waals surface area contributed by atoms with Crippen molar-refractivity contribution in [2.75, 3.05) is 5.73 Å². The molecule has 0 aromatic carbocycles. The second-order valence-electron chi connectivity index (χ2n) is 2.73. The Bertz CT molecular complexity index is 507. The molecule has 3 N–H and O–H groups in total. The first-order chi connectivity index (χ1) is 7.74. The topological polar surface area (TPSA) is 109 Å². The van der Waals surface area contributed by atoms with Crippen molar-refractivity contribution in [3.05, 3.63) is 17.3 Å². The number of aromatic carboxylic acids is 1. The predicted octanol–water partition coefficient (Wildman–Crippen LogP) is 1.13. The SMILES string of the molecule is N#Cc1cc(C(=O)O)nc(N)c1OC(F)(F)F. The van der Waals surface area contributed by atoms with Crippen molar-refractivity contribution in [1.29, 1.82) is 5.26 Å². The highest BCUT2D eigenvalue weighted by atomic mass is 19.4. The average molecular weight is 247 g/mol. The van der Waals surface area contributed by atoms with Gasteiger partial charge >= 0.3 is 12.3 Å². The molecule has 0 aliphatic carbocycles. The van der Waals surface area contributed by atoms with Gasteiger partial charge in [0.1, 0.15) is 11.6 Å². The molecule has 17 heavy (non-hydrogen) atoms.